The van der Waals surface area contributed by atoms with Crippen LogP contribution < -0.4 is 11.5 Å². The molecular formula is C10H26N2O3Si. The van der Waals surface area contributed by atoms with Crippen molar-refractivity contribution >= 4 is 8.80 Å². The summed E-state index contributed by atoms with van der Waals surface area (Å²) in [7, 11) is -3.79. The van der Waals surface area contributed by atoms with Crippen LogP contribution in [0.25, 0.3) is 0 Å². The third-order valence-electron chi connectivity index (χ3n) is 2.62. The Morgan fingerprint density at radius 3 is 2.00 bits per heavy atom. The molecule has 0 aliphatic heterocycles. The molecule has 1 unspecified atom stereocenters. The summed E-state index contributed by atoms with van der Waals surface area (Å²) in [5.74, 6) is 0. The predicted molar refractivity (Wildman–Crippen MR) is 66.6 cm³/mol. The van der Waals surface area contributed by atoms with Crippen molar-refractivity contribution in [3.05, 3.63) is 0 Å². The molecule has 0 fully saturated rings. The van der Waals surface area contributed by atoms with Gasteiger partial charge in [0.2, 0.25) is 0 Å². The monoisotopic (exact) mass is 250 g/mol. The van der Waals surface area contributed by atoms with E-state index in [1.807, 2.05) is 0 Å². The van der Waals surface area contributed by atoms with E-state index in [-0.39, 0.29) is 12.1 Å². The molecule has 0 aromatic heterocycles. The minimum atomic E-state index is -3.79. The summed E-state index contributed by atoms with van der Waals surface area (Å²) in [6.07, 6.45) is 6.77. The van der Waals surface area contributed by atoms with Crippen molar-refractivity contribution in [2.24, 2.45) is 11.5 Å². The summed E-state index contributed by atoms with van der Waals surface area (Å²) < 4.78 is 0. The summed E-state index contributed by atoms with van der Waals surface area (Å²) in [6.45, 7) is 0.650. The van der Waals surface area contributed by atoms with E-state index in [4.69, 9.17) is 25.9 Å². The molecule has 0 saturated heterocycles. The van der Waals surface area contributed by atoms with Crippen molar-refractivity contribution in [3.8, 4) is 0 Å². The Morgan fingerprint density at radius 2 is 1.44 bits per heavy atom. The van der Waals surface area contributed by atoms with Crippen LogP contribution in [0.15, 0.2) is 0 Å². The first kappa shape index (κ1) is 16.0. The van der Waals surface area contributed by atoms with Crippen molar-refractivity contribution in [2.75, 3.05) is 6.54 Å². The second kappa shape index (κ2) is 9.09. The molecule has 0 saturated carbocycles. The SMILES string of the molecule is NCCC(N)CCCCCCC[Si](O)(O)O. The van der Waals surface area contributed by atoms with Gasteiger partial charge in [0.15, 0.2) is 0 Å². The van der Waals surface area contributed by atoms with Crippen LogP contribution in [-0.4, -0.2) is 35.8 Å². The van der Waals surface area contributed by atoms with E-state index in [2.05, 4.69) is 0 Å². The topological polar surface area (TPSA) is 113 Å². The highest BCUT2D eigenvalue weighted by Crippen LogP contribution is 2.11. The molecule has 16 heavy (non-hydrogen) atoms. The van der Waals surface area contributed by atoms with Crippen LogP contribution in [0.3, 0.4) is 0 Å². The zero-order chi connectivity index (χ0) is 12.4. The maximum atomic E-state index is 8.77. The standard InChI is InChI=1S/C10H26N2O3Si/c11-8-7-10(12)6-4-2-1-3-5-9-16(13,14)15/h10,13-15H,1-9,11-12H2. The maximum Gasteiger partial charge on any atom is 0.492 e. The first-order valence-corrected chi connectivity index (χ1v) is 8.13. The fourth-order valence-electron chi connectivity index (χ4n) is 1.66. The van der Waals surface area contributed by atoms with Gasteiger partial charge >= 0.3 is 8.80 Å². The van der Waals surface area contributed by atoms with Gasteiger partial charge in [-0.15, -0.1) is 0 Å². The molecule has 0 aliphatic carbocycles. The Kier molecular flexibility index (Phi) is 9.10. The lowest BCUT2D eigenvalue weighted by molar-refractivity contribution is 0.226. The molecule has 0 rings (SSSR count). The maximum absolute atomic E-state index is 8.77. The van der Waals surface area contributed by atoms with E-state index in [9.17, 15) is 0 Å². The van der Waals surface area contributed by atoms with Crippen molar-refractivity contribution in [1.29, 1.82) is 0 Å². The van der Waals surface area contributed by atoms with E-state index in [0.29, 0.717) is 13.0 Å². The van der Waals surface area contributed by atoms with Crippen LogP contribution in [0, 0.1) is 0 Å². The van der Waals surface area contributed by atoms with Crippen molar-refractivity contribution in [3.63, 3.8) is 0 Å². The lowest BCUT2D eigenvalue weighted by Crippen LogP contribution is -2.33. The second-order valence-electron chi connectivity index (χ2n) is 4.42. The van der Waals surface area contributed by atoms with Gasteiger partial charge in [-0.3, -0.25) is 0 Å². The molecular weight excluding hydrogens is 224 g/mol. The number of hydrogen-bond acceptors (Lipinski definition) is 5. The number of rotatable bonds is 10. The molecule has 0 radical (unpaired) electrons. The number of nitrogens with two attached hydrogens (primary N) is 2. The number of hydrogen-bond donors (Lipinski definition) is 5. The quantitative estimate of drug-likeness (QED) is 0.275. The van der Waals surface area contributed by atoms with Gasteiger partial charge in [-0.25, -0.2) is 0 Å². The van der Waals surface area contributed by atoms with E-state index < -0.39 is 8.80 Å². The molecule has 7 N–H and O–H groups in total. The highest BCUT2D eigenvalue weighted by Gasteiger charge is 2.25. The number of unbranched alkanes of at least 4 members (excludes halogenated alkanes) is 4. The first-order chi connectivity index (χ1) is 7.45. The normalized spacial score (nSPS) is 14.1. The van der Waals surface area contributed by atoms with Crippen molar-refractivity contribution < 1.29 is 14.4 Å². The van der Waals surface area contributed by atoms with Gasteiger partial charge < -0.3 is 25.9 Å². The van der Waals surface area contributed by atoms with E-state index >= 15 is 0 Å². The Balaban J connectivity index is 3.16. The fourth-order valence-corrected chi connectivity index (χ4v) is 2.38. The van der Waals surface area contributed by atoms with E-state index in [1.54, 1.807) is 0 Å². The predicted octanol–water partition coefficient (Wildman–Crippen LogP) is -0.0811. The van der Waals surface area contributed by atoms with Gasteiger partial charge in [0.25, 0.3) is 0 Å². The average Bonchev–Trinajstić information content (AvgIpc) is 2.15. The van der Waals surface area contributed by atoms with Crippen molar-refractivity contribution in [2.45, 2.75) is 57.0 Å². The minimum Gasteiger partial charge on any atom is -0.390 e. The Hall–Kier alpha value is 0.0169. The Bertz CT molecular complexity index is 165. The summed E-state index contributed by atoms with van der Waals surface area (Å²) in [5.41, 5.74) is 11.2. The summed E-state index contributed by atoms with van der Waals surface area (Å²) in [4.78, 5) is 26.3. The zero-order valence-corrected chi connectivity index (χ0v) is 10.9. The van der Waals surface area contributed by atoms with Crippen LogP contribution in [0.5, 0.6) is 0 Å². The van der Waals surface area contributed by atoms with Gasteiger partial charge in [-0.05, 0) is 25.8 Å². The molecule has 0 aromatic carbocycles. The smallest absolute Gasteiger partial charge is 0.390 e. The third-order valence-corrected chi connectivity index (χ3v) is 3.65. The second-order valence-corrected chi connectivity index (χ2v) is 6.47. The van der Waals surface area contributed by atoms with Crippen LogP contribution in [0.1, 0.15) is 44.9 Å². The lowest BCUT2D eigenvalue weighted by atomic mass is 10.1. The summed E-state index contributed by atoms with van der Waals surface area (Å²) in [5, 5.41) is 0. The van der Waals surface area contributed by atoms with Gasteiger partial charge in [-0.1, -0.05) is 25.7 Å². The molecule has 5 nitrogen and oxygen atoms in total. The van der Waals surface area contributed by atoms with Crippen LogP contribution >= 0.6 is 0 Å². The molecule has 0 aromatic rings. The molecule has 0 bridgehead atoms. The highest BCUT2D eigenvalue weighted by atomic mass is 28.4. The molecule has 0 spiro atoms. The lowest BCUT2D eigenvalue weighted by Gasteiger charge is -2.10. The van der Waals surface area contributed by atoms with E-state index in [1.165, 1.54) is 0 Å². The van der Waals surface area contributed by atoms with Gasteiger partial charge in [-0.2, -0.15) is 0 Å². The van der Waals surface area contributed by atoms with Gasteiger partial charge in [0.1, 0.15) is 0 Å². The minimum absolute atomic E-state index is 0.152. The first-order valence-electron chi connectivity index (χ1n) is 6.08. The molecule has 0 heterocycles. The van der Waals surface area contributed by atoms with Crippen LogP contribution in [0.4, 0.5) is 0 Å². The highest BCUT2D eigenvalue weighted by molar-refractivity contribution is 6.56. The molecule has 98 valence electrons. The van der Waals surface area contributed by atoms with Crippen LogP contribution in [0.2, 0.25) is 6.04 Å². The fraction of sp³-hybridized carbons (Fsp3) is 1.00. The molecule has 6 heteroatoms. The third kappa shape index (κ3) is 12.1. The zero-order valence-electron chi connectivity index (χ0n) is 9.94. The largest absolute Gasteiger partial charge is 0.492 e. The van der Waals surface area contributed by atoms with Crippen molar-refractivity contribution in [1.82, 2.24) is 0 Å². The Morgan fingerprint density at radius 1 is 0.875 bits per heavy atom. The van der Waals surface area contributed by atoms with Crippen LogP contribution in [-0.2, 0) is 0 Å². The average molecular weight is 250 g/mol. The van der Waals surface area contributed by atoms with Gasteiger partial charge in [0, 0.05) is 12.1 Å². The molecule has 0 aliphatic rings. The van der Waals surface area contributed by atoms with E-state index in [0.717, 1.165) is 38.5 Å². The Labute approximate surface area is 98.8 Å². The molecule has 0 amide bonds. The van der Waals surface area contributed by atoms with Gasteiger partial charge in [0.05, 0.1) is 0 Å². The summed E-state index contributed by atoms with van der Waals surface area (Å²) >= 11 is 0. The molecule has 1 atom stereocenters. The summed E-state index contributed by atoms with van der Waals surface area (Å²) in [6, 6.07) is 0.372.